The minimum absolute atomic E-state index is 0.117. The van der Waals surface area contributed by atoms with Gasteiger partial charge in [0.05, 0.1) is 30.5 Å². The molecule has 3 rings (SSSR count). The van der Waals surface area contributed by atoms with Crippen molar-refractivity contribution < 1.29 is 22.5 Å². The molecule has 160 valence electrons. The molecule has 0 aliphatic carbocycles. The van der Waals surface area contributed by atoms with Crippen LogP contribution in [0.1, 0.15) is 18.7 Å². The standard InChI is InChI=1S/C19H22N4O5S2/c1-27-15-9-7-14(8-10-15)23(30(2,25)26)11-3-6-17(24)20-13-18-21-19(22-28-18)16-5-4-12-29-16/h4-5,7-10,12H,3,6,11,13H2,1-2H3,(H,20,24). The Balaban J connectivity index is 1.49. The van der Waals surface area contributed by atoms with Gasteiger partial charge in [0, 0.05) is 13.0 Å². The smallest absolute Gasteiger partial charge is 0.246 e. The molecule has 0 aliphatic rings. The van der Waals surface area contributed by atoms with Crippen molar-refractivity contribution in [3.05, 3.63) is 47.7 Å². The Labute approximate surface area is 178 Å². The predicted octanol–water partition coefficient (Wildman–Crippen LogP) is 2.67. The van der Waals surface area contributed by atoms with Gasteiger partial charge >= 0.3 is 0 Å². The number of carbonyl (C=O) groups is 1. The number of aromatic nitrogens is 2. The number of hydrogen-bond acceptors (Lipinski definition) is 8. The number of amides is 1. The normalized spacial score (nSPS) is 11.3. The lowest BCUT2D eigenvalue weighted by Crippen LogP contribution is -2.32. The summed E-state index contributed by atoms with van der Waals surface area (Å²) in [4.78, 5) is 17.2. The van der Waals surface area contributed by atoms with Crippen LogP contribution in [0.2, 0.25) is 0 Å². The van der Waals surface area contributed by atoms with Crippen molar-refractivity contribution in [2.24, 2.45) is 0 Å². The van der Waals surface area contributed by atoms with Crippen molar-refractivity contribution in [3.8, 4) is 16.5 Å². The fourth-order valence-corrected chi connectivity index (χ4v) is 4.33. The molecule has 0 saturated heterocycles. The first-order valence-corrected chi connectivity index (χ1v) is 11.8. The van der Waals surface area contributed by atoms with E-state index >= 15 is 0 Å². The summed E-state index contributed by atoms with van der Waals surface area (Å²) in [6.45, 7) is 0.299. The molecule has 0 radical (unpaired) electrons. The Morgan fingerprint density at radius 2 is 2.03 bits per heavy atom. The molecule has 1 amide bonds. The third kappa shape index (κ3) is 5.80. The Morgan fingerprint density at radius 1 is 1.27 bits per heavy atom. The number of benzene rings is 1. The first kappa shape index (κ1) is 21.8. The maximum absolute atomic E-state index is 12.1. The van der Waals surface area contributed by atoms with Crippen molar-refractivity contribution in [1.29, 1.82) is 0 Å². The molecule has 2 aromatic heterocycles. The van der Waals surface area contributed by atoms with E-state index in [1.165, 1.54) is 15.6 Å². The minimum atomic E-state index is -3.48. The monoisotopic (exact) mass is 450 g/mol. The quantitative estimate of drug-likeness (QED) is 0.505. The highest BCUT2D eigenvalue weighted by Gasteiger charge is 2.18. The molecule has 9 nitrogen and oxygen atoms in total. The average Bonchev–Trinajstić information content (AvgIpc) is 3.40. The van der Waals surface area contributed by atoms with Gasteiger partial charge in [-0.3, -0.25) is 9.10 Å². The molecule has 11 heteroatoms. The van der Waals surface area contributed by atoms with Crippen molar-refractivity contribution in [1.82, 2.24) is 15.5 Å². The SMILES string of the molecule is COc1ccc(N(CCCC(=O)NCc2nc(-c3cccs3)no2)S(C)(=O)=O)cc1. The molecule has 1 aromatic carbocycles. The van der Waals surface area contributed by atoms with E-state index in [0.717, 1.165) is 11.1 Å². The molecule has 0 atom stereocenters. The minimum Gasteiger partial charge on any atom is -0.497 e. The van der Waals surface area contributed by atoms with Crippen molar-refractivity contribution in [3.63, 3.8) is 0 Å². The second kappa shape index (κ2) is 9.72. The van der Waals surface area contributed by atoms with E-state index in [9.17, 15) is 13.2 Å². The third-order valence-electron chi connectivity index (χ3n) is 4.17. The number of sulfonamides is 1. The molecule has 0 unspecified atom stereocenters. The molecule has 0 fully saturated rings. The maximum atomic E-state index is 12.1. The van der Waals surface area contributed by atoms with Crippen LogP contribution in [0.15, 0.2) is 46.3 Å². The molecule has 0 saturated carbocycles. The van der Waals surface area contributed by atoms with Crippen LogP contribution in [0, 0.1) is 0 Å². The van der Waals surface area contributed by atoms with Crippen molar-refractivity contribution >= 4 is 33.0 Å². The first-order valence-electron chi connectivity index (χ1n) is 9.12. The van der Waals surface area contributed by atoms with Crippen LogP contribution in [-0.2, 0) is 21.4 Å². The Morgan fingerprint density at radius 3 is 2.67 bits per heavy atom. The summed E-state index contributed by atoms with van der Waals surface area (Å²) in [5.41, 5.74) is 0.519. The van der Waals surface area contributed by atoms with Gasteiger partial charge < -0.3 is 14.6 Å². The van der Waals surface area contributed by atoms with Crippen LogP contribution in [0.4, 0.5) is 5.69 Å². The summed E-state index contributed by atoms with van der Waals surface area (Å²) in [6.07, 6.45) is 1.65. The highest BCUT2D eigenvalue weighted by molar-refractivity contribution is 7.92. The second-order valence-corrected chi connectivity index (χ2v) is 9.26. The van der Waals surface area contributed by atoms with Gasteiger partial charge in [0.2, 0.25) is 27.6 Å². The summed E-state index contributed by atoms with van der Waals surface area (Å²) in [5, 5.41) is 8.51. The lowest BCUT2D eigenvalue weighted by Gasteiger charge is -2.22. The van der Waals surface area contributed by atoms with E-state index in [1.54, 1.807) is 31.4 Å². The van der Waals surface area contributed by atoms with Gasteiger partial charge in [-0.15, -0.1) is 11.3 Å². The summed E-state index contributed by atoms with van der Waals surface area (Å²) >= 11 is 1.50. The zero-order valence-corrected chi connectivity index (χ0v) is 18.2. The van der Waals surface area contributed by atoms with Gasteiger partial charge in [-0.25, -0.2) is 8.42 Å². The van der Waals surface area contributed by atoms with Gasteiger partial charge in [0.1, 0.15) is 5.75 Å². The van der Waals surface area contributed by atoms with E-state index in [4.69, 9.17) is 9.26 Å². The number of methoxy groups -OCH3 is 1. The predicted molar refractivity (Wildman–Crippen MR) is 114 cm³/mol. The number of rotatable bonds is 10. The second-order valence-electron chi connectivity index (χ2n) is 6.40. The van der Waals surface area contributed by atoms with Gasteiger partial charge in [0.25, 0.3) is 0 Å². The molecular weight excluding hydrogens is 428 g/mol. The molecule has 0 aliphatic heterocycles. The summed E-state index contributed by atoms with van der Waals surface area (Å²) < 4.78 is 35.8. The number of anilines is 1. The van der Waals surface area contributed by atoms with Gasteiger partial charge in [0.15, 0.2) is 0 Å². The summed E-state index contributed by atoms with van der Waals surface area (Å²) in [6, 6.07) is 10.5. The highest BCUT2D eigenvalue weighted by Crippen LogP contribution is 2.22. The van der Waals surface area contributed by atoms with Crippen LogP contribution in [0.25, 0.3) is 10.7 Å². The van der Waals surface area contributed by atoms with Gasteiger partial charge in [-0.05, 0) is 42.1 Å². The molecule has 2 heterocycles. The van der Waals surface area contributed by atoms with Crippen molar-refractivity contribution in [2.45, 2.75) is 19.4 Å². The van der Waals surface area contributed by atoms with E-state index in [2.05, 4.69) is 15.5 Å². The number of carbonyl (C=O) groups excluding carboxylic acids is 1. The molecule has 30 heavy (non-hydrogen) atoms. The molecule has 0 bridgehead atoms. The van der Waals surface area contributed by atoms with E-state index in [0.29, 0.717) is 29.6 Å². The van der Waals surface area contributed by atoms with Crippen LogP contribution in [0.5, 0.6) is 5.75 Å². The van der Waals surface area contributed by atoms with E-state index in [-0.39, 0.29) is 25.4 Å². The molecule has 3 aromatic rings. The van der Waals surface area contributed by atoms with E-state index < -0.39 is 10.0 Å². The van der Waals surface area contributed by atoms with Crippen molar-refractivity contribution in [2.75, 3.05) is 24.2 Å². The lowest BCUT2D eigenvalue weighted by molar-refractivity contribution is -0.121. The Kier molecular flexibility index (Phi) is 7.06. The zero-order valence-electron chi connectivity index (χ0n) is 16.6. The zero-order chi connectivity index (χ0) is 21.6. The number of hydrogen-bond donors (Lipinski definition) is 1. The number of nitrogens with one attached hydrogen (secondary N) is 1. The summed E-state index contributed by atoms with van der Waals surface area (Å²) in [5.74, 6) is 1.20. The maximum Gasteiger partial charge on any atom is 0.246 e. The molecule has 0 spiro atoms. The Hall–Kier alpha value is -2.92. The fourth-order valence-electron chi connectivity index (χ4n) is 2.71. The van der Waals surface area contributed by atoms with Crippen LogP contribution in [-0.4, -0.2) is 44.4 Å². The van der Waals surface area contributed by atoms with E-state index in [1.807, 2.05) is 17.5 Å². The largest absolute Gasteiger partial charge is 0.497 e. The number of ether oxygens (including phenoxy) is 1. The fraction of sp³-hybridized carbons (Fsp3) is 0.316. The first-order chi connectivity index (χ1) is 14.4. The molecular formula is C19H22N4O5S2. The third-order valence-corrected chi connectivity index (χ3v) is 6.23. The van der Waals surface area contributed by atoms with Crippen LogP contribution < -0.4 is 14.4 Å². The van der Waals surface area contributed by atoms with Gasteiger partial charge in [-0.2, -0.15) is 4.98 Å². The Bertz CT molecular complexity index is 1060. The lowest BCUT2D eigenvalue weighted by atomic mass is 10.2. The topological polar surface area (TPSA) is 115 Å². The summed E-state index contributed by atoms with van der Waals surface area (Å²) in [7, 11) is -1.94. The van der Waals surface area contributed by atoms with Crippen LogP contribution in [0.3, 0.4) is 0 Å². The number of nitrogens with zero attached hydrogens (tertiary/aromatic N) is 3. The van der Waals surface area contributed by atoms with Gasteiger partial charge in [-0.1, -0.05) is 11.2 Å². The van der Waals surface area contributed by atoms with Crippen LogP contribution >= 0.6 is 11.3 Å². The molecule has 1 N–H and O–H groups in total. The highest BCUT2D eigenvalue weighted by atomic mass is 32.2. The number of thiophene rings is 1. The average molecular weight is 451 g/mol.